The van der Waals surface area contributed by atoms with E-state index in [1.807, 2.05) is 11.3 Å². The lowest BCUT2D eigenvalue weighted by molar-refractivity contribution is 0.630. The van der Waals surface area contributed by atoms with Gasteiger partial charge in [0.15, 0.2) is 5.82 Å². The SMILES string of the molecule is CC1(C)c2cc(-c3nc(-c4cccc(-c5cccc6ccccc56)c4)c4ccccc4n3)ccc2-n2c3sc4ccccc4c3c3cccc1c32. The summed E-state index contributed by atoms with van der Waals surface area (Å²) < 4.78 is 3.84. The van der Waals surface area contributed by atoms with Gasteiger partial charge in [0.25, 0.3) is 0 Å². The van der Waals surface area contributed by atoms with Crippen molar-refractivity contribution in [2.75, 3.05) is 0 Å². The van der Waals surface area contributed by atoms with Crippen LogP contribution in [0.2, 0.25) is 0 Å². The summed E-state index contributed by atoms with van der Waals surface area (Å²) in [5.41, 5.74) is 11.4. The van der Waals surface area contributed by atoms with Crippen LogP contribution in [0, 0.1) is 0 Å². The second kappa shape index (κ2) is 10.5. The van der Waals surface area contributed by atoms with E-state index in [0.717, 1.165) is 33.5 Å². The fourth-order valence-corrected chi connectivity index (χ4v) is 9.76. The lowest BCUT2D eigenvalue weighted by Crippen LogP contribution is -2.26. The molecular formula is C47H31N3S. The normalized spacial score (nSPS) is 13.5. The first-order valence-corrected chi connectivity index (χ1v) is 18.3. The van der Waals surface area contributed by atoms with Crippen molar-refractivity contribution in [2.45, 2.75) is 19.3 Å². The van der Waals surface area contributed by atoms with Gasteiger partial charge in [-0.2, -0.15) is 0 Å². The molecule has 7 aromatic carbocycles. The highest BCUT2D eigenvalue weighted by Crippen LogP contribution is 2.51. The van der Waals surface area contributed by atoms with Crippen LogP contribution in [0.1, 0.15) is 25.0 Å². The third kappa shape index (κ3) is 4.05. The molecule has 0 amide bonds. The maximum Gasteiger partial charge on any atom is 0.160 e. The number of hydrogen-bond acceptors (Lipinski definition) is 3. The first kappa shape index (κ1) is 28.7. The highest BCUT2D eigenvalue weighted by Gasteiger charge is 2.36. The van der Waals surface area contributed by atoms with Gasteiger partial charge in [0.1, 0.15) is 4.83 Å². The van der Waals surface area contributed by atoms with Crippen LogP contribution in [-0.4, -0.2) is 14.5 Å². The van der Waals surface area contributed by atoms with Crippen LogP contribution in [0.3, 0.4) is 0 Å². The van der Waals surface area contributed by atoms with E-state index in [9.17, 15) is 0 Å². The van der Waals surface area contributed by atoms with Crippen molar-refractivity contribution >= 4 is 64.2 Å². The number of para-hydroxylation sites is 2. The number of nitrogens with zero attached hydrogens (tertiary/aromatic N) is 3. The molecule has 51 heavy (non-hydrogen) atoms. The maximum absolute atomic E-state index is 5.37. The van der Waals surface area contributed by atoms with E-state index in [-0.39, 0.29) is 5.41 Å². The first-order chi connectivity index (χ1) is 25.0. The Bertz CT molecular complexity index is 3070. The number of hydrogen-bond donors (Lipinski definition) is 0. The highest BCUT2D eigenvalue weighted by atomic mass is 32.1. The predicted molar refractivity (Wildman–Crippen MR) is 215 cm³/mol. The van der Waals surface area contributed by atoms with Gasteiger partial charge in [0.2, 0.25) is 0 Å². The monoisotopic (exact) mass is 669 g/mol. The molecule has 0 radical (unpaired) electrons. The summed E-state index contributed by atoms with van der Waals surface area (Å²) in [4.78, 5) is 11.9. The molecule has 1 aliphatic rings. The minimum Gasteiger partial charge on any atom is -0.300 e. The van der Waals surface area contributed by atoms with E-state index < -0.39 is 0 Å². The first-order valence-electron chi connectivity index (χ1n) is 17.5. The Balaban J connectivity index is 1.11. The smallest absolute Gasteiger partial charge is 0.160 e. The van der Waals surface area contributed by atoms with Gasteiger partial charge in [0, 0.05) is 42.8 Å². The zero-order valence-electron chi connectivity index (χ0n) is 28.2. The Labute approximate surface area is 299 Å². The fraction of sp³-hybridized carbons (Fsp3) is 0.0638. The molecule has 0 saturated heterocycles. The molecule has 1 aliphatic heterocycles. The zero-order valence-corrected chi connectivity index (χ0v) is 29.0. The van der Waals surface area contributed by atoms with E-state index in [1.165, 1.54) is 69.9 Å². The van der Waals surface area contributed by atoms with Crippen molar-refractivity contribution in [3.8, 4) is 39.5 Å². The molecule has 0 saturated carbocycles. The molecule has 0 unspecified atom stereocenters. The van der Waals surface area contributed by atoms with Gasteiger partial charge in [-0.15, -0.1) is 11.3 Å². The number of rotatable bonds is 3. The third-order valence-electron chi connectivity index (χ3n) is 11.0. The van der Waals surface area contributed by atoms with E-state index in [2.05, 4.69) is 170 Å². The Morgan fingerprint density at radius 2 is 1.27 bits per heavy atom. The van der Waals surface area contributed by atoms with E-state index in [4.69, 9.17) is 9.97 Å². The largest absolute Gasteiger partial charge is 0.300 e. The Morgan fingerprint density at radius 3 is 2.20 bits per heavy atom. The van der Waals surface area contributed by atoms with Crippen LogP contribution < -0.4 is 0 Å². The van der Waals surface area contributed by atoms with Crippen molar-refractivity contribution in [3.05, 3.63) is 163 Å². The standard InChI is InChI=1S/C47H31N3S/c1-47(2)37-21-11-20-36-42-35-18-6-8-23-41(35)51-46(42)50(44(36)37)40-25-24-31(27-38(40)47)45-48-39-22-7-5-17-34(39)43(49-45)30-15-9-14-29(26-30)33-19-10-13-28-12-3-4-16-32(28)33/h3-27H,1-2H3. The molecule has 4 heteroatoms. The molecule has 0 N–H and O–H groups in total. The maximum atomic E-state index is 5.37. The molecule has 0 aliphatic carbocycles. The molecule has 240 valence electrons. The molecule has 3 aromatic heterocycles. The molecule has 0 fully saturated rings. The third-order valence-corrected chi connectivity index (χ3v) is 12.1. The van der Waals surface area contributed by atoms with E-state index in [1.54, 1.807) is 0 Å². The average Bonchev–Trinajstić information content (AvgIpc) is 3.71. The molecule has 0 spiro atoms. The molecule has 10 aromatic rings. The molecular weight excluding hydrogens is 639 g/mol. The van der Waals surface area contributed by atoms with Crippen LogP contribution in [0.15, 0.2) is 152 Å². The van der Waals surface area contributed by atoms with Crippen molar-refractivity contribution in [2.24, 2.45) is 0 Å². The van der Waals surface area contributed by atoms with Gasteiger partial charge in [-0.3, -0.25) is 0 Å². The lowest BCUT2D eigenvalue weighted by Gasteiger charge is -2.35. The summed E-state index contributed by atoms with van der Waals surface area (Å²) in [6.07, 6.45) is 0. The Hall–Kier alpha value is -6.10. The summed E-state index contributed by atoms with van der Waals surface area (Å²) in [6, 6.07) is 54.8. The van der Waals surface area contributed by atoms with Crippen LogP contribution in [0.5, 0.6) is 0 Å². The minimum atomic E-state index is -0.219. The second-order valence-electron chi connectivity index (χ2n) is 14.2. The van der Waals surface area contributed by atoms with Crippen LogP contribution in [0.25, 0.3) is 92.3 Å². The molecule has 0 atom stereocenters. The predicted octanol–water partition coefficient (Wildman–Crippen LogP) is 12.7. The molecule has 4 heterocycles. The van der Waals surface area contributed by atoms with Crippen molar-refractivity contribution < 1.29 is 0 Å². The second-order valence-corrected chi connectivity index (χ2v) is 15.2. The topological polar surface area (TPSA) is 30.7 Å². The van der Waals surface area contributed by atoms with Crippen molar-refractivity contribution in [1.82, 2.24) is 14.5 Å². The van der Waals surface area contributed by atoms with Gasteiger partial charge in [-0.05, 0) is 69.4 Å². The lowest BCUT2D eigenvalue weighted by atomic mass is 9.74. The van der Waals surface area contributed by atoms with Crippen LogP contribution >= 0.6 is 11.3 Å². The van der Waals surface area contributed by atoms with E-state index >= 15 is 0 Å². The Morgan fingerprint density at radius 1 is 0.549 bits per heavy atom. The fourth-order valence-electron chi connectivity index (χ4n) is 8.52. The van der Waals surface area contributed by atoms with Gasteiger partial charge >= 0.3 is 0 Å². The van der Waals surface area contributed by atoms with Crippen LogP contribution in [-0.2, 0) is 5.41 Å². The molecule has 0 bridgehead atoms. The van der Waals surface area contributed by atoms with Crippen LogP contribution in [0.4, 0.5) is 0 Å². The summed E-state index contributed by atoms with van der Waals surface area (Å²) in [6.45, 7) is 4.72. The van der Waals surface area contributed by atoms with Gasteiger partial charge < -0.3 is 4.57 Å². The van der Waals surface area contributed by atoms with Gasteiger partial charge in [-0.1, -0.05) is 129 Å². The number of thiophene rings is 1. The number of aromatic nitrogens is 3. The average molecular weight is 670 g/mol. The Kier molecular flexibility index (Phi) is 5.89. The summed E-state index contributed by atoms with van der Waals surface area (Å²) >= 11 is 1.88. The van der Waals surface area contributed by atoms with Gasteiger partial charge in [0.05, 0.1) is 22.4 Å². The zero-order chi connectivity index (χ0) is 33.8. The molecule has 11 rings (SSSR count). The summed E-state index contributed by atoms with van der Waals surface area (Å²) in [5, 5.41) is 7.55. The van der Waals surface area contributed by atoms with Crippen molar-refractivity contribution in [3.63, 3.8) is 0 Å². The van der Waals surface area contributed by atoms with Gasteiger partial charge in [-0.25, -0.2) is 9.97 Å². The highest BCUT2D eigenvalue weighted by molar-refractivity contribution is 7.25. The molecule has 3 nitrogen and oxygen atoms in total. The summed E-state index contributed by atoms with van der Waals surface area (Å²) in [7, 11) is 0. The number of benzene rings is 7. The number of fused-ring (bicyclic) bond motifs is 9. The minimum absolute atomic E-state index is 0.219. The summed E-state index contributed by atoms with van der Waals surface area (Å²) in [5.74, 6) is 0.737. The van der Waals surface area contributed by atoms with Crippen molar-refractivity contribution in [1.29, 1.82) is 0 Å². The van der Waals surface area contributed by atoms with E-state index in [0.29, 0.717) is 0 Å². The quantitative estimate of drug-likeness (QED) is 0.187.